The van der Waals surface area contributed by atoms with Crippen molar-refractivity contribution in [2.75, 3.05) is 13.1 Å². The number of rotatable bonds is 3. The number of amides is 4. The second-order valence-corrected chi connectivity index (χ2v) is 7.61. The van der Waals surface area contributed by atoms with Gasteiger partial charge in [0.25, 0.3) is 5.91 Å². The van der Waals surface area contributed by atoms with Gasteiger partial charge >= 0.3 is 6.03 Å². The highest BCUT2D eigenvalue weighted by Gasteiger charge is 2.51. The van der Waals surface area contributed by atoms with Gasteiger partial charge in [-0.25, -0.2) is 14.1 Å². The molecule has 3 atom stereocenters. The summed E-state index contributed by atoms with van der Waals surface area (Å²) in [5.41, 5.74) is 0.835. The Bertz CT molecular complexity index is 742. The second-order valence-electron chi connectivity index (χ2n) is 7.61. The zero-order chi connectivity index (χ0) is 19.1. The van der Waals surface area contributed by atoms with Crippen LogP contribution in [0.4, 0.5) is 9.18 Å². The smallest absolute Gasteiger partial charge is 0.328 e. The van der Waals surface area contributed by atoms with Crippen molar-refractivity contribution >= 4 is 17.8 Å². The van der Waals surface area contributed by atoms with E-state index in [0.29, 0.717) is 25.9 Å². The van der Waals surface area contributed by atoms with Crippen molar-refractivity contribution in [2.45, 2.75) is 57.2 Å². The molecule has 4 amide bonds. The summed E-state index contributed by atoms with van der Waals surface area (Å²) in [5, 5.41) is 0. The first kappa shape index (κ1) is 17.9. The third kappa shape index (κ3) is 2.99. The van der Waals surface area contributed by atoms with Gasteiger partial charge < -0.3 is 9.80 Å². The molecule has 0 aromatic heterocycles. The molecule has 144 valence electrons. The van der Waals surface area contributed by atoms with Gasteiger partial charge in [0, 0.05) is 13.1 Å². The number of piperidine rings is 2. The van der Waals surface area contributed by atoms with Gasteiger partial charge in [-0.1, -0.05) is 12.1 Å². The van der Waals surface area contributed by atoms with Crippen LogP contribution in [-0.4, -0.2) is 57.7 Å². The molecule has 7 heteroatoms. The van der Waals surface area contributed by atoms with Crippen LogP contribution in [0.15, 0.2) is 24.3 Å². The first-order chi connectivity index (χ1) is 13.0. The molecule has 1 aromatic carbocycles. The number of carbonyl (C=O) groups is 3. The molecule has 0 saturated carbocycles. The van der Waals surface area contributed by atoms with E-state index >= 15 is 0 Å². The normalized spacial score (nSPS) is 27.2. The van der Waals surface area contributed by atoms with Gasteiger partial charge in [-0.05, 0) is 56.7 Å². The Kier molecular flexibility index (Phi) is 4.61. The highest BCUT2D eigenvalue weighted by atomic mass is 19.1. The lowest BCUT2D eigenvalue weighted by Gasteiger charge is -2.39. The van der Waals surface area contributed by atoms with Crippen molar-refractivity contribution in [3.63, 3.8) is 0 Å². The fraction of sp³-hybridized carbons (Fsp3) is 0.550. The van der Waals surface area contributed by atoms with Crippen molar-refractivity contribution in [2.24, 2.45) is 0 Å². The minimum absolute atomic E-state index is 0.195. The van der Waals surface area contributed by atoms with Gasteiger partial charge in [0.2, 0.25) is 5.91 Å². The second kappa shape index (κ2) is 6.94. The number of nitrogens with zero attached hydrogens (tertiary/aromatic N) is 3. The average Bonchev–Trinajstić information content (AvgIpc) is 2.93. The van der Waals surface area contributed by atoms with Crippen LogP contribution >= 0.6 is 0 Å². The number of imide groups is 1. The van der Waals surface area contributed by atoms with E-state index in [1.807, 2.05) is 6.92 Å². The number of urea groups is 1. The summed E-state index contributed by atoms with van der Waals surface area (Å²) in [7, 11) is 0. The number of hydrogen-bond donors (Lipinski definition) is 0. The first-order valence-electron chi connectivity index (χ1n) is 9.68. The number of likely N-dealkylation sites (tertiary alicyclic amines) is 1. The van der Waals surface area contributed by atoms with Crippen LogP contribution in [0.3, 0.4) is 0 Å². The molecule has 4 rings (SSSR count). The van der Waals surface area contributed by atoms with E-state index in [1.165, 1.54) is 17.0 Å². The summed E-state index contributed by atoms with van der Waals surface area (Å²) in [6.45, 7) is 3.05. The molecule has 0 bridgehead atoms. The van der Waals surface area contributed by atoms with Gasteiger partial charge in [0.1, 0.15) is 17.9 Å². The molecule has 1 aromatic rings. The van der Waals surface area contributed by atoms with E-state index in [-0.39, 0.29) is 29.7 Å². The predicted molar refractivity (Wildman–Crippen MR) is 96.1 cm³/mol. The molecule has 0 N–H and O–H groups in total. The summed E-state index contributed by atoms with van der Waals surface area (Å²) < 4.78 is 13.2. The van der Waals surface area contributed by atoms with Crippen LogP contribution in [0.2, 0.25) is 0 Å². The Morgan fingerprint density at radius 2 is 1.63 bits per heavy atom. The van der Waals surface area contributed by atoms with E-state index in [4.69, 9.17) is 0 Å². The van der Waals surface area contributed by atoms with Crippen molar-refractivity contribution in [1.82, 2.24) is 14.7 Å². The molecule has 3 aliphatic heterocycles. The van der Waals surface area contributed by atoms with Crippen molar-refractivity contribution < 1.29 is 18.8 Å². The molecule has 3 saturated heterocycles. The minimum atomic E-state index is -0.729. The van der Waals surface area contributed by atoms with Crippen LogP contribution in [0, 0.1) is 5.82 Å². The van der Waals surface area contributed by atoms with Gasteiger partial charge in [-0.15, -0.1) is 0 Å². The molecule has 0 spiro atoms. The van der Waals surface area contributed by atoms with E-state index < -0.39 is 12.1 Å². The molecule has 27 heavy (non-hydrogen) atoms. The Balaban J connectivity index is 1.56. The summed E-state index contributed by atoms with van der Waals surface area (Å²) in [4.78, 5) is 43.3. The first-order valence-corrected chi connectivity index (χ1v) is 9.68. The summed E-state index contributed by atoms with van der Waals surface area (Å²) in [6.07, 6.45) is 3.74. The molecule has 3 fully saturated rings. The Labute approximate surface area is 157 Å². The van der Waals surface area contributed by atoms with Crippen LogP contribution in [0.25, 0.3) is 0 Å². The number of carbonyl (C=O) groups excluding carboxylic acids is 3. The summed E-state index contributed by atoms with van der Waals surface area (Å²) in [5.74, 6) is -0.743. The standard InChI is InChI=1S/C20H24FN3O3/c1-13(14-7-9-15(21)10-8-14)22-12-4-6-17(18(22)25)24-19(26)16-5-2-3-11-23(16)20(24)27/h7-10,13,16-17H,2-6,11-12H2,1H3/t13?,16-,17?/m1/s1. The monoisotopic (exact) mass is 373 g/mol. The van der Waals surface area contributed by atoms with Crippen LogP contribution in [-0.2, 0) is 9.59 Å². The van der Waals surface area contributed by atoms with E-state index in [2.05, 4.69) is 0 Å². The summed E-state index contributed by atoms with van der Waals surface area (Å²) >= 11 is 0. The highest BCUT2D eigenvalue weighted by Crippen LogP contribution is 2.33. The third-order valence-corrected chi connectivity index (χ3v) is 6.05. The molecule has 0 aliphatic carbocycles. The fourth-order valence-corrected chi connectivity index (χ4v) is 4.52. The molecule has 3 aliphatic rings. The Morgan fingerprint density at radius 3 is 2.33 bits per heavy atom. The van der Waals surface area contributed by atoms with E-state index in [9.17, 15) is 18.8 Å². The minimum Gasteiger partial charge on any atom is -0.334 e. The zero-order valence-electron chi connectivity index (χ0n) is 15.4. The molecule has 6 nitrogen and oxygen atoms in total. The quantitative estimate of drug-likeness (QED) is 0.766. The molecule has 2 unspecified atom stereocenters. The molecule has 3 heterocycles. The van der Waals surface area contributed by atoms with Crippen molar-refractivity contribution in [1.29, 1.82) is 0 Å². The topological polar surface area (TPSA) is 60.9 Å². The van der Waals surface area contributed by atoms with Gasteiger partial charge in [-0.3, -0.25) is 9.59 Å². The molecular weight excluding hydrogens is 349 g/mol. The number of hydrogen-bond acceptors (Lipinski definition) is 3. The Hall–Kier alpha value is -2.44. The zero-order valence-corrected chi connectivity index (χ0v) is 15.4. The number of fused-ring (bicyclic) bond motifs is 1. The maximum Gasteiger partial charge on any atom is 0.328 e. The lowest BCUT2D eigenvalue weighted by atomic mass is 9.98. The third-order valence-electron chi connectivity index (χ3n) is 6.05. The average molecular weight is 373 g/mol. The fourth-order valence-electron chi connectivity index (χ4n) is 4.52. The van der Waals surface area contributed by atoms with Gasteiger partial charge in [-0.2, -0.15) is 0 Å². The van der Waals surface area contributed by atoms with E-state index in [1.54, 1.807) is 21.9 Å². The van der Waals surface area contributed by atoms with E-state index in [0.717, 1.165) is 24.8 Å². The molecule has 0 radical (unpaired) electrons. The lowest BCUT2D eigenvalue weighted by Crippen LogP contribution is -2.55. The molecular formula is C20H24FN3O3. The maximum atomic E-state index is 13.2. The van der Waals surface area contributed by atoms with Crippen LogP contribution in [0.1, 0.15) is 50.6 Å². The highest BCUT2D eigenvalue weighted by molar-refractivity contribution is 6.07. The van der Waals surface area contributed by atoms with Gasteiger partial charge in [0.05, 0.1) is 6.04 Å². The van der Waals surface area contributed by atoms with Crippen LogP contribution < -0.4 is 0 Å². The maximum absolute atomic E-state index is 13.2. The number of halogens is 1. The summed E-state index contributed by atoms with van der Waals surface area (Å²) in [6, 6.07) is 4.41. The van der Waals surface area contributed by atoms with Crippen LogP contribution in [0.5, 0.6) is 0 Å². The number of benzene rings is 1. The SMILES string of the molecule is CC(c1ccc(F)cc1)N1CCCC(N2C(=O)[C@H]3CCCCN3C2=O)C1=O. The lowest BCUT2D eigenvalue weighted by molar-refractivity contribution is -0.146. The van der Waals surface area contributed by atoms with Gasteiger partial charge in [0.15, 0.2) is 0 Å². The predicted octanol–water partition coefficient (Wildman–Crippen LogP) is 2.69. The van der Waals surface area contributed by atoms with Crippen molar-refractivity contribution in [3.8, 4) is 0 Å². The largest absolute Gasteiger partial charge is 0.334 e. The Morgan fingerprint density at radius 1 is 0.926 bits per heavy atom. The van der Waals surface area contributed by atoms with Crippen molar-refractivity contribution in [3.05, 3.63) is 35.6 Å².